The first-order chi connectivity index (χ1) is 14.5. The molecule has 0 bridgehead atoms. The summed E-state index contributed by atoms with van der Waals surface area (Å²) < 4.78 is 0. The SMILES string of the molecule is CN=C(NCc1ccc(Cl)cc1)NCc1cccc(CN2CCCC(C(N)=O)C2)c1. The van der Waals surface area contributed by atoms with Crippen LogP contribution in [0.1, 0.15) is 29.5 Å². The van der Waals surface area contributed by atoms with E-state index in [0.29, 0.717) is 13.1 Å². The zero-order valence-corrected chi connectivity index (χ0v) is 18.2. The number of halogens is 1. The monoisotopic (exact) mass is 427 g/mol. The number of nitrogens with one attached hydrogen (secondary N) is 2. The molecule has 7 heteroatoms. The van der Waals surface area contributed by atoms with Gasteiger partial charge in [-0.25, -0.2) is 0 Å². The van der Waals surface area contributed by atoms with Crippen LogP contribution in [-0.4, -0.2) is 36.9 Å². The van der Waals surface area contributed by atoms with Crippen LogP contribution in [0, 0.1) is 5.92 Å². The van der Waals surface area contributed by atoms with Gasteiger partial charge in [-0.05, 0) is 48.2 Å². The zero-order valence-electron chi connectivity index (χ0n) is 17.4. The molecule has 3 rings (SSSR count). The Bertz CT molecular complexity index is 868. The van der Waals surface area contributed by atoms with E-state index in [4.69, 9.17) is 17.3 Å². The number of rotatable bonds is 7. The van der Waals surface area contributed by atoms with E-state index < -0.39 is 0 Å². The van der Waals surface area contributed by atoms with Crippen molar-refractivity contribution in [2.24, 2.45) is 16.6 Å². The van der Waals surface area contributed by atoms with Crippen LogP contribution < -0.4 is 16.4 Å². The van der Waals surface area contributed by atoms with E-state index >= 15 is 0 Å². The Morgan fingerprint density at radius 1 is 1.13 bits per heavy atom. The van der Waals surface area contributed by atoms with Crippen molar-refractivity contribution in [1.29, 1.82) is 0 Å². The first kappa shape index (κ1) is 22.1. The molecule has 2 aromatic carbocycles. The van der Waals surface area contributed by atoms with E-state index in [0.717, 1.165) is 49.0 Å². The highest BCUT2D eigenvalue weighted by Gasteiger charge is 2.23. The average molecular weight is 428 g/mol. The van der Waals surface area contributed by atoms with E-state index in [1.54, 1.807) is 7.05 Å². The van der Waals surface area contributed by atoms with Crippen molar-refractivity contribution in [3.63, 3.8) is 0 Å². The Hall–Kier alpha value is -2.57. The molecule has 1 aliphatic rings. The lowest BCUT2D eigenvalue weighted by molar-refractivity contribution is -0.123. The second kappa shape index (κ2) is 11.0. The van der Waals surface area contributed by atoms with Gasteiger partial charge in [0.15, 0.2) is 5.96 Å². The predicted molar refractivity (Wildman–Crippen MR) is 122 cm³/mol. The molecule has 2 aromatic rings. The van der Waals surface area contributed by atoms with Crippen molar-refractivity contribution in [1.82, 2.24) is 15.5 Å². The molecule has 1 fully saturated rings. The Balaban J connectivity index is 1.50. The summed E-state index contributed by atoms with van der Waals surface area (Å²) in [4.78, 5) is 18.1. The normalized spacial score (nSPS) is 17.5. The number of benzene rings is 2. The number of piperidine rings is 1. The van der Waals surface area contributed by atoms with Gasteiger partial charge >= 0.3 is 0 Å². The summed E-state index contributed by atoms with van der Waals surface area (Å²) in [6.45, 7) is 3.94. The van der Waals surface area contributed by atoms with Crippen molar-refractivity contribution in [3.8, 4) is 0 Å². The quantitative estimate of drug-likeness (QED) is 0.468. The molecule has 0 radical (unpaired) electrons. The number of primary amides is 1. The lowest BCUT2D eigenvalue weighted by Gasteiger charge is -2.31. The van der Waals surface area contributed by atoms with E-state index in [1.807, 2.05) is 24.3 Å². The van der Waals surface area contributed by atoms with E-state index in [1.165, 1.54) is 11.1 Å². The minimum absolute atomic E-state index is 0.0290. The molecule has 0 aliphatic carbocycles. The molecule has 30 heavy (non-hydrogen) atoms. The summed E-state index contributed by atoms with van der Waals surface area (Å²) in [5.41, 5.74) is 9.06. The van der Waals surface area contributed by atoms with Crippen molar-refractivity contribution >= 4 is 23.5 Å². The van der Waals surface area contributed by atoms with Gasteiger partial charge in [0.2, 0.25) is 5.91 Å². The van der Waals surface area contributed by atoms with Gasteiger partial charge in [0, 0.05) is 38.2 Å². The Morgan fingerprint density at radius 3 is 2.53 bits per heavy atom. The number of amides is 1. The highest BCUT2D eigenvalue weighted by atomic mass is 35.5. The number of hydrogen-bond donors (Lipinski definition) is 3. The summed E-state index contributed by atoms with van der Waals surface area (Å²) in [5, 5.41) is 7.41. The third kappa shape index (κ3) is 6.75. The van der Waals surface area contributed by atoms with Crippen LogP contribution in [0.3, 0.4) is 0 Å². The predicted octanol–water partition coefficient (Wildman–Crippen LogP) is 2.90. The van der Waals surface area contributed by atoms with Gasteiger partial charge in [-0.15, -0.1) is 0 Å². The van der Waals surface area contributed by atoms with Gasteiger partial charge in [0.1, 0.15) is 0 Å². The molecule has 0 spiro atoms. The van der Waals surface area contributed by atoms with Crippen molar-refractivity contribution in [3.05, 3.63) is 70.2 Å². The lowest BCUT2D eigenvalue weighted by Crippen LogP contribution is -2.40. The molecule has 4 N–H and O–H groups in total. The number of carbonyl (C=O) groups excluding carboxylic acids is 1. The minimum atomic E-state index is -0.185. The number of nitrogens with zero attached hydrogens (tertiary/aromatic N) is 2. The van der Waals surface area contributed by atoms with Crippen LogP contribution in [0.25, 0.3) is 0 Å². The van der Waals surface area contributed by atoms with Gasteiger partial charge in [-0.1, -0.05) is 48.0 Å². The van der Waals surface area contributed by atoms with Gasteiger partial charge in [-0.2, -0.15) is 0 Å². The van der Waals surface area contributed by atoms with Gasteiger partial charge in [0.05, 0.1) is 5.92 Å². The summed E-state index contributed by atoms with van der Waals surface area (Å²) in [6, 6.07) is 16.3. The molecule has 1 aliphatic heterocycles. The topological polar surface area (TPSA) is 82.8 Å². The van der Waals surface area contributed by atoms with Crippen LogP contribution in [0.4, 0.5) is 0 Å². The van der Waals surface area contributed by atoms with E-state index in [2.05, 4.69) is 44.8 Å². The first-order valence-corrected chi connectivity index (χ1v) is 10.7. The van der Waals surface area contributed by atoms with Crippen LogP contribution in [0.5, 0.6) is 0 Å². The second-order valence-electron chi connectivity index (χ2n) is 7.70. The molecule has 160 valence electrons. The van der Waals surface area contributed by atoms with E-state index in [-0.39, 0.29) is 11.8 Å². The smallest absolute Gasteiger partial charge is 0.221 e. The Morgan fingerprint density at radius 2 is 1.83 bits per heavy atom. The van der Waals surface area contributed by atoms with Gasteiger partial charge in [-0.3, -0.25) is 14.7 Å². The van der Waals surface area contributed by atoms with E-state index in [9.17, 15) is 4.79 Å². The Labute approximate surface area is 183 Å². The van der Waals surface area contributed by atoms with Gasteiger partial charge in [0.25, 0.3) is 0 Å². The van der Waals surface area contributed by atoms with Crippen molar-refractivity contribution < 1.29 is 4.79 Å². The minimum Gasteiger partial charge on any atom is -0.369 e. The number of hydrogen-bond acceptors (Lipinski definition) is 3. The average Bonchev–Trinajstić information content (AvgIpc) is 2.75. The summed E-state index contributed by atoms with van der Waals surface area (Å²) in [5.74, 6) is 0.532. The maximum Gasteiger partial charge on any atom is 0.221 e. The number of nitrogens with two attached hydrogens (primary N) is 1. The molecule has 1 unspecified atom stereocenters. The highest BCUT2D eigenvalue weighted by Crippen LogP contribution is 2.18. The molecule has 1 saturated heterocycles. The van der Waals surface area contributed by atoms with Crippen molar-refractivity contribution in [2.75, 3.05) is 20.1 Å². The summed E-state index contributed by atoms with van der Waals surface area (Å²) in [6.07, 6.45) is 1.92. The molecule has 6 nitrogen and oxygen atoms in total. The number of likely N-dealkylation sites (tertiary alicyclic amines) is 1. The third-order valence-electron chi connectivity index (χ3n) is 5.36. The van der Waals surface area contributed by atoms with Crippen LogP contribution in [0.2, 0.25) is 5.02 Å². The highest BCUT2D eigenvalue weighted by molar-refractivity contribution is 6.30. The fraction of sp³-hybridized carbons (Fsp3) is 0.391. The molecular weight excluding hydrogens is 398 g/mol. The lowest BCUT2D eigenvalue weighted by atomic mass is 9.97. The standard InChI is InChI=1S/C23H30ClN5O/c1-26-23(27-13-17-7-9-21(24)10-8-17)28-14-18-4-2-5-19(12-18)15-29-11-3-6-20(16-29)22(25)30/h2,4-5,7-10,12,20H,3,6,11,13-16H2,1H3,(H2,25,30)(H2,26,27,28). The zero-order chi connectivity index (χ0) is 21.3. The Kier molecular flexibility index (Phi) is 8.11. The summed E-state index contributed by atoms with van der Waals surface area (Å²) in [7, 11) is 1.76. The third-order valence-corrected chi connectivity index (χ3v) is 5.61. The summed E-state index contributed by atoms with van der Waals surface area (Å²) >= 11 is 5.93. The maximum atomic E-state index is 11.5. The molecule has 1 amide bonds. The number of guanidine groups is 1. The molecule has 0 saturated carbocycles. The van der Waals surface area contributed by atoms with Crippen LogP contribution in [0.15, 0.2) is 53.5 Å². The number of aliphatic imine (C=N–C) groups is 1. The molecule has 1 heterocycles. The molecule has 0 aromatic heterocycles. The second-order valence-corrected chi connectivity index (χ2v) is 8.14. The maximum absolute atomic E-state index is 11.5. The molecular formula is C23H30ClN5O. The largest absolute Gasteiger partial charge is 0.369 e. The fourth-order valence-electron chi connectivity index (χ4n) is 3.72. The van der Waals surface area contributed by atoms with Crippen molar-refractivity contribution in [2.45, 2.75) is 32.5 Å². The van der Waals surface area contributed by atoms with Gasteiger partial charge < -0.3 is 16.4 Å². The first-order valence-electron chi connectivity index (χ1n) is 10.3. The van der Waals surface area contributed by atoms with Crippen LogP contribution >= 0.6 is 11.6 Å². The number of carbonyl (C=O) groups is 1. The fourth-order valence-corrected chi connectivity index (χ4v) is 3.85. The van der Waals surface area contributed by atoms with Crippen LogP contribution in [-0.2, 0) is 24.4 Å². The molecule has 1 atom stereocenters.